The van der Waals surface area contributed by atoms with Gasteiger partial charge in [-0.05, 0) is 75.2 Å². The highest BCUT2D eigenvalue weighted by atomic mass is 16.5. The number of carbonyl (C=O) groups excluding carboxylic acids is 4. The molecule has 0 atom stereocenters. The summed E-state index contributed by atoms with van der Waals surface area (Å²) < 4.78 is 10.9. The summed E-state index contributed by atoms with van der Waals surface area (Å²) in [5.41, 5.74) is 3.97. The Morgan fingerprint density at radius 1 is 0.375 bits per heavy atom. The van der Waals surface area contributed by atoms with Gasteiger partial charge in [-0.25, -0.2) is 0 Å². The summed E-state index contributed by atoms with van der Waals surface area (Å²) in [5.74, 6) is 0.503. The number of carbonyl (C=O) groups is 4. The van der Waals surface area contributed by atoms with E-state index in [1.165, 1.54) is 98.0 Å². The SMILES string of the molecule is COc1ccccc1CNCCCCCCCCCCCCN1C(=O)c2ccc3c4c(ccc(c24)C1=O)C(=O)N(CCCCCCCCCCCCNCc1ccccc1OC)C3=O. The van der Waals surface area contributed by atoms with Crippen LogP contribution in [0.4, 0.5) is 0 Å². The zero-order valence-corrected chi connectivity index (χ0v) is 38.7. The highest BCUT2D eigenvalue weighted by molar-refractivity contribution is 6.33. The molecule has 2 heterocycles. The quantitative estimate of drug-likeness (QED) is 0.0368. The number of nitrogens with zero attached hydrogens (tertiary/aromatic N) is 2. The van der Waals surface area contributed by atoms with Crippen LogP contribution in [0.2, 0.25) is 0 Å². The number of rotatable bonds is 32. The molecule has 6 rings (SSSR count). The summed E-state index contributed by atoms with van der Waals surface area (Å²) in [5, 5.41) is 7.96. The third-order valence-electron chi connectivity index (χ3n) is 13.0. The van der Waals surface area contributed by atoms with Crippen LogP contribution in [0.25, 0.3) is 10.8 Å². The summed E-state index contributed by atoms with van der Waals surface area (Å²) in [6, 6.07) is 23.0. The van der Waals surface area contributed by atoms with E-state index in [1.54, 1.807) is 38.5 Å². The lowest BCUT2D eigenvalue weighted by molar-refractivity contribution is 0.0586. The number of ether oxygens (including phenoxy) is 2. The highest BCUT2D eigenvalue weighted by Crippen LogP contribution is 2.38. The minimum absolute atomic E-state index is 0.341. The van der Waals surface area contributed by atoms with Crippen LogP contribution in [0.3, 0.4) is 0 Å². The lowest BCUT2D eigenvalue weighted by atomic mass is 9.86. The van der Waals surface area contributed by atoms with Crippen molar-refractivity contribution in [2.24, 2.45) is 0 Å². The Labute approximate surface area is 381 Å². The first-order chi connectivity index (χ1) is 31.4. The highest BCUT2D eigenvalue weighted by Gasteiger charge is 2.39. The van der Waals surface area contributed by atoms with Crippen LogP contribution in [0.15, 0.2) is 72.8 Å². The van der Waals surface area contributed by atoms with E-state index in [0.717, 1.165) is 89.0 Å². The Hall–Kier alpha value is -5.06. The smallest absolute Gasteiger partial charge is 0.261 e. The van der Waals surface area contributed by atoms with E-state index in [0.29, 0.717) is 46.1 Å². The summed E-state index contributed by atoms with van der Waals surface area (Å²) >= 11 is 0. The summed E-state index contributed by atoms with van der Waals surface area (Å²) in [6.45, 7) is 4.41. The summed E-state index contributed by atoms with van der Waals surface area (Å²) in [4.78, 5) is 57.6. The van der Waals surface area contributed by atoms with Gasteiger partial charge in [0.2, 0.25) is 0 Å². The molecule has 0 radical (unpaired) electrons. The third kappa shape index (κ3) is 13.0. The number of hydrogen-bond donors (Lipinski definition) is 2. The average Bonchev–Trinajstić information content (AvgIpc) is 3.32. The Kier molecular flexibility index (Phi) is 19.7. The molecule has 0 spiro atoms. The fourth-order valence-corrected chi connectivity index (χ4v) is 9.39. The van der Waals surface area contributed by atoms with Crippen LogP contribution >= 0.6 is 0 Å². The van der Waals surface area contributed by atoms with Crippen molar-refractivity contribution in [3.8, 4) is 11.5 Å². The molecule has 0 fully saturated rings. The van der Waals surface area contributed by atoms with E-state index in [1.807, 2.05) is 36.4 Å². The van der Waals surface area contributed by atoms with Crippen LogP contribution < -0.4 is 20.1 Å². The second kappa shape index (κ2) is 26.0. The molecule has 0 unspecified atom stereocenters. The van der Waals surface area contributed by atoms with Gasteiger partial charge in [-0.15, -0.1) is 0 Å². The van der Waals surface area contributed by atoms with E-state index < -0.39 is 0 Å². The molecule has 2 aliphatic rings. The van der Waals surface area contributed by atoms with E-state index in [9.17, 15) is 19.2 Å². The number of benzene rings is 4. The predicted octanol–water partition coefficient (Wildman–Crippen LogP) is 11.4. The van der Waals surface area contributed by atoms with Gasteiger partial charge in [-0.3, -0.25) is 29.0 Å². The van der Waals surface area contributed by atoms with Gasteiger partial charge in [-0.1, -0.05) is 139 Å². The van der Waals surface area contributed by atoms with E-state index in [2.05, 4.69) is 22.8 Å². The zero-order chi connectivity index (χ0) is 44.9. The number of methoxy groups -OCH3 is 2. The van der Waals surface area contributed by atoms with Crippen molar-refractivity contribution in [3.05, 3.63) is 106 Å². The van der Waals surface area contributed by atoms with Crippen molar-refractivity contribution in [1.82, 2.24) is 20.4 Å². The molecule has 4 amide bonds. The number of hydrogen-bond acceptors (Lipinski definition) is 8. The lowest BCUT2D eigenvalue weighted by Gasteiger charge is -2.32. The number of unbranched alkanes of at least 4 members (excludes halogenated alkanes) is 18. The monoisotopic (exact) mass is 873 g/mol. The van der Waals surface area contributed by atoms with Gasteiger partial charge in [-0.2, -0.15) is 0 Å². The van der Waals surface area contributed by atoms with Gasteiger partial charge in [0, 0.05) is 70.3 Å². The van der Waals surface area contributed by atoms with Crippen molar-refractivity contribution in [2.45, 2.75) is 142 Å². The van der Waals surface area contributed by atoms with E-state index in [4.69, 9.17) is 9.47 Å². The normalized spacial score (nSPS) is 13.4. The predicted molar refractivity (Wildman–Crippen MR) is 256 cm³/mol. The van der Waals surface area contributed by atoms with Crippen molar-refractivity contribution < 1.29 is 28.7 Å². The Balaban J connectivity index is 0.820. The van der Waals surface area contributed by atoms with Crippen LogP contribution in [0.1, 0.15) is 181 Å². The van der Waals surface area contributed by atoms with Crippen LogP contribution in [0, 0.1) is 0 Å². The van der Waals surface area contributed by atoms with Crippen molar-refractivity contribution in [3.63, 3.8) is 0 Å². The number of nitrogens with one attached hydrogen (secondary N) is 2. The van der Waals surface area contributed by atoms with Gasteiger partial charge < -0.3 is 20.1 Å². The summed E-state index contributed by atoms with van der Waals surface area (Å²) in [6.07, 6.45) is 22.6. The van der Waals surface area contributed by atoms with Crippen molar-refractivity contribution >= 4 is 34.4 Å². The first-order valence-corrected chi connectivity index (χ1v) is 24.4. The first kappa shape index (κ1) is 48.4. The first-order valence-electron chi connectivity index (χ1n) is 24.4. The van der Waals surface area contributed by atoms with Crippen LogP contribution in [-0.2, 0) is 13.1 Å². The van der Waals surface area contributed by atoms with Gasteiger partial charge in [0.15, 0.2) is 0 Å². The maximum atomic E-state index is 13.7. The molecule has 2 N–H and O–H groups in total. The maximum absolute atomic E-state index is 13.7. The molecule has 0 saturated carbocycles. The van der Waals surface area contributed by atoms with Gasteiger partial charge >= 0.3 is 0 Å². The molecular weight excluding hydrogens is 801 g/mol. The molecule has 344 valence electrons. The van der Waals surface area contributed by atoms with E-state index in [-0.39, 0.29) is 23.6 Å². The Morgan fingerprint density at radius 2 is 0.656 bits per heavy atom. The molecule has 64 heavy (non-hydrogen) atoms. The molecule has 0 aromatic heterocycles. The lowest BCUT2D eigenvalue weighted by Crippen LogP contribution is -2.43. The minimum atomic E-state index is -0.341. The fraction of sp³-hybridized carbons (Fsp3) is 0.519. The zero-order valence-electron chi connectivity index (χ0n) is 38.7. The van der Waals surface area contributed by atoms with Crippen molar-refractivity contribution in [2.75, 3.05) is 40.4 Å². The van der Waals surface area contributed by atoms with Gasteiger partial charge in [0.05, 0.1) is 14.2 Å². The van der Waals surface area contributed by atoms with Crippen LogP contribution in [-0.4, -0.2) is 73.8 Å². The van der Waals surface area contributed by atoms with Crippen LogP contribution in [0.5, 0.6) is 11.5 Å². The maximum Gasteiger partial charge on any atom is 0.261 e. The van der Waals surface area contributed by atoms with E-state index >= 15 is 0 Å². The Bertz CT molecular complexity index is 1930. The molecular formula is C54H72N4O6. The average molecular weight is 873 g/mol. The summed E-state index contributed by atoms with van der Waals surface area (Å²) in [7, 11) is 3.43. The largest absolute Gasteiger partial charge is 0.496 e. The minimum Gasteiger partial charge on any atom is -0.496 e. The number of imide groups is 2. The molecule has 2 aliphatic heterocycles. The second-order valence-electron chi connectivity index (χ2n) is 17.6. The molecule has 0 bridgehead atoms. The van der Waals surface area contributed by atoms with Gasteiger partial charge in [0.1, 0.15) is 11.5 Å². The topological polar surface area (TPSA) is 117 Å². The Morgan fingerprint density at radius 3 is 0.969 bits per heavy atom. The molecule has 10 nitrogen and oxygen atoms in total. The molecule has 0 saturated heterocycles. The molecule has 0 aliphatic carbocycles. The van der Waals surface area contributed by atoms with Crippen molar-refractivity contribution in [1.29, 1.82) is 0 Å². The van der Waals surface area contributed by atoms with Gasteiger partial charge in [0.25, 0.3) is 23.6 Å². The molecule has 10 heteroatoms. The second-order valence-corrected chi connectivity index (χ2v) is 17.6. The molecule has 4 aromatic carbocycles. The molecule has 4 aromatic rings. The third-order valence-corrected chi connectivity index (χ3v) is 13.0. The standard InChI is InChI=1S/C54H72N4O6/c1-63-47-29-21-19-27-41(47)39-55-35-23-15-11-7-3-5-9-13-17-25-37-57-51(59)43-31-33-45-50-46(34-32-44(49(43)50)52(57)60)54(62)58(53(45)61)38-26-18-14-10-6-4-8-12-16-24-36-56-40-42-28-20-22-30-48(42)64-2/h19-22,27-34,55-56H,3-18,23-26,35-40H2,1-2H3. The number of amides is 4. The fourth-order valence-electron chi connectivity index (χ4n) is 9.39. The number of para-hydroxylation sites is 2.